The number of carbonyl (C=O) groups is 2. The zero-order chi connectivity index (χ0) is 23.2. The molecule has 1 N–H and O–H groups in total. The predicted octanol–water partition coefficient (Wildman–Crippen LogP) is 5.78. The molecule has 0 unspecified atom stereocenters. The maximum Gasteiger partial charge on any atom is 0.261 e. The van der Waals surface area contributed by atoms with Crippen molar-refractivity contribution in [2.75, 3.05) is 6.61 Å². The van der Waals surface area contributed by atoms with E-state index in [-0.39, 0.29) is 23.5 Å². The Labute approximate surface area is 189 Å². The van der Waals surface area contributed by atoms with Crippen molar-refractivity contribution in [2.24, 2.45) is 0 Å². The fraction of sp³-hybridized carbons (Fsp3) is 0.680. The van der Waals surface area contributed by atoms with Gasteiger partial charge in [-0.15, -0.1) is 0 Å². The predicted molar refractivity (Wildman–Crippen MR) is 128 cm³/mol. The van der Waals surface area contributed by atoms with Crippen molar-refractivity contribution in [3.05, 3.63) is 35.4 Å². The monoisotopic (exact) mass is 447 g/mol. The molecule has 6 heteroatoms. The molecule has 2 amide bonds. The van der Waals surface area contributed by atoms with Crippen LogP contribution in [0.1, 0.15) is 93.4 Å². The second-order valence-corrected chi connectivity index (χ2v) is 15.1. The van der Waals surface area contributed by atoms with Gasteiger partial charge in [0.15, 0.2) is 8.32 Å². The molecule has 0 spiro atoms. The van der Waals surface area contributed by atoms with Gasteiger partial charge in [0.05, 0.1) is 29.9 Å². The van der Waals surface area contributed by atoms with Crippen molar-refractivity contribution in [1.29, 1.82) is 0 Å². The third-order valence-electron chi connectivity index (χ3n) is 6.88. The number of fused-ring (bicyclic) bond motifs is 1. The van der Waals surface area contributed by atoms with E-state index in [4.69, 9.17) is 4.43 Å². The quantitative estimate of drug-likeness (QED) is 0.250. The van der Waals surface area contributed by atoms with Crippen molar-refractivity contribution in [3.63, 3.8) is 0 Å². The minimum atomic E-state index is -2.05. The number of hydrogen-bond acceptors (Lipinski definition) is 4. The van der Waals surface area contributed by atoms with Crippen molar-refractivity contribution in [2.45, 2.75) is 103 Å². The van der Waals surface area contributed by atoms with Crippen LogP contribution in [-0.2, 0) is 4.43 Å². The normalized spacial score (nSPS) is 16.5. The second kappa shape index (κ2) is 10.9. The molecule has 1 aromatic carbocycles. The first-order valence-corrected chi connectivity index (χ1v) is 14.7. The van der Waals surface area contributed by atoms with E-state index in [1.807, 2.05) is 0 Å². The number of unbranched alkanes of at least 4 members (excludes halogenated alkanes) is 5. The van der Waals surface area contributed by atoms with Crippen LogP contribution >= 0.6 is 0 Å². The van der Waals surface area contributed by atoms with E-state index >= 15 is 0 Å². The third kappa shape index (κ3) is 6.27. The fourth-order valence-electron chi connectivity index (χ4n) is 3.76. The van der Waals surface area contributed by atoms with E-state index < -0.39 is 20.5 Å². The number of nitrogens with zero attached hydrogens (tertiary/aromatic N) is 1. The van der Waals surface area contributed by atoms with Crippen LogP contribution in [0.2, 0.25) is 18.1 Å². The van der Waals surface area contributed by atoms with Gasteiger partial charge >= 0.3 is 0 Å². The van der Waals surface area contributed by atoms with Crippen LogP contribution in [0.25, 0.3) is 0 Å². The molecule has 0 bridgehead atoms. The lowest BCUT2D eigenvalue weighted by molar-refractivity contribution is 0.0138. The van der Waals surface area contributed by atoms with Gasteiger partial charge in [0.25, 0.3) is 11.8 Å². The largest absolute Gasteiger partial charge is 0.414 e. The zero-order valence-electron chi connectivity index (χ0n) is 20.2. The Hall–Kier alpha value is -1.50. The number of hydrogen-bond donors (Lipinski definition) is 1. The van der Waals surface area contributed by atoms with Gasteiger partial charge in [0.2, 0.25) is 0 Å². The molecule has 1 aliphatic rings. The Morgan fingerprint density at radius 3 is 2.00 bits per heavy atom. The smallest absolute Gasteiger partial charge is 0.261 e. The van der Waals surface area contributed by atoms with Crippen molar-refractivity contribution < 1.29 is 19.1 Å². The lowest BCUT2D eigenvalue weighted by Crippen LogP contribution is -2.51. The molecule has 5 nitrogen and oxygen atoms in total. The molecule has 174 valence electrons. The zero-order valence-corrected chi connectivity index (χ0v) is 21.2. The Kier molecular flexibility index (Phi) is 9.04. The minimum Gasteiger partial charge on any atom is -0.414 e. The molecule has 0 aromatic heterocycles. The summed E-state index contributed by atoms with van der Waals surface area (Å²) in [6, 6.07) is 6.36. The maximum atomic E-state index is 13.0. The Balaban J connectivity index is 2.13. The van der Waals surface area contributed by atoms with Crippen molar-refractivity contribution in [1.82, 2.24) is 4.90 Å². The Morgan fingerprint density at radius 1 is 0.968 bits per heavy atom. The topological polar surface area (TPSA) is 66.8 Å². The van der Waals surface area contributed by atoms with Crippen LogP contribution in [0, 0.1) is 0 Å². The summed E-state index contributed by atoms with van der Waals surface area (Å²) < 4.78 is 6.24. The van der Waals surface area contributed by atoms with Gasteiger partial charge in [-0.05, 0) is 36.7 Å². The molecule has 1 aromatic rings. The molecule has 31 heavy (non-hydrogen) atoms. The van der Waals surface area contributed by atoms with Crippen molar-refractivity contribution >= 4 is 20.1 Å². The number of amides is 2. The Morgan fingerprint density at radius 2 is 1.48 bits per heavy atom. The number of benzene rings is 1. The number of rotatable bonds is 12. The summed E-state index contributed by atoms with van der Waals surface area (Å²) in [5.41, 5.74) is 0.857. The first-order valence-electron chi connectivity index (χ1n) is 11.8. The fourth-order valence-corrected chi connectivity index (χ4v) is 4.78. The number of imide groups is 1. The SMILES string of the molecule is CCCCCCCC[C@H]([C@@H](O)CO[Si](C)(C)C(C)(C)C)N1C(=O)c2ccccc2C1=O. The number of aliphatic hydroxyl groups is 1. The van der Waals surface area contributed by atoms with E-state index in [1.165, 1.54) is 24.2 Å². The Bertz CT molecular complexity index is 721. The summed E-state index contributed by atoms with van der Waals surface area (Å²) in [4.78, 5) is 27.4. The molecule has 1 aliphatic heterocycles. The van der Waals surface area contributed by atoms with Gasteiger partial charge in [-0.3, -0.25) is 14.5 Å². The van der Waals surface area contributed by atoms with Crippen LogP contribution in [0.3, 0.4) is 0 Å². The summed E-state index contributed by atoms with van der Waals surface area (Å²) in [5, 5.41) is 11.1. The molecular weight excluding hydrogens is 406 g/mol. The third-order valence-corrected chi connectivity index (χ3v) is 11.4. The van der Waals surface area contributed by atoms with Gasteiger partial charge in [-0.2, -0.15) is 0 Å². The number of carbonyl (C=O) groups excluding carboxylic acids is 2. The minimum absolute atomic E-state index is 0.0248. The maximum absolute atomic E-state index is 13.0. The summed E-state index contributed by atoms with van der Waals surface area (Å²) in [7, 11) is -2.05. The van der Waals surface area contributed by atoms with Crippen molar-refractivity contribution in [3.8, 4) is 0 Å². The van der Waals surface area contributed by atoms with Crippen LogP contribution in [0.15, 0.2) is 24.3 Å². The molecule has 0 aliphatic carbocycles. The van der Waals surface area contributed by atoms with E-state index in [1.54, 1.807) is 24.3 Å². The lowest BCUT2D eigenvalue weighted by atomic mass is 10.0. The lowest BCUT2D eigenvalue weighted by Gasteiger charge is -2.38. The summed E-state index contributed by atoms with van der Waals surface area (Å²) >= 11 is 0. The molecule has 0 radical (unpaired) electrons. The average molecular weight is 448 g/mol. The van der Waals surface area contributed by atoms with Gasteiger partial charge in [0.1, 0.15) is 0 Å². The molecular formula is C25H41NO4Si. The molecule has 1 heterocycles. The average Bonchev–Trinajstić information content (AvgIpc) is 2.96. The van der Waals surface area contributed by atoms with Gasteiger partial charge in [-0.1, -0.05) is 78.4 Å². The molecule has 0 fully saturated rings. The first-order chi connectivity index (χ1) is 14.5. The highest BCUT2D eigenvalue weighted by molar-refractivity contribution is 6.74. The van der Waals surface area contributed by atoms with E-state index in [9.17, 15) is 14.7 Å². The number of aliphatic hydroxyl groups excluding tert-OH is 1. The first kappa shape index (κ1) is 25.8. The highest BCUT2D eigenvalue weighted by Gasteiger charge is 2.43. The highest BCUT2D eigenvalue weighted by atomic mass is 28.4. The van der Waals surface area contributed by atoms with Crippen LogP contribution in [-0.4, -0.2) is 48.9 Å². The summed E-state index contributed by atoms with van der Waals surface area (Å²) in [5.74, 6) is -0.606. The summed E-state index contributed by atoms with van der Waals surface area (Å²) in [6.07, 6.45) is 6.37. The van der Waals surface area contributed by atoms with Gasteiger partial charge in [0, 0.05) is 0 Å². The molecule has 2 rings (SSSR count). The van der Waals surface area contributed by atoms with Crippen LogP contribution in [0.5, 0.6) is 0 Å². The van der Waals surface area contributed by atoms with E-state index in [0.29, 0.717) is 17.5 Å². The van der Waals surface area contributed by atoms with E-state index in [2.05, 4.69) is 40.8 Å². The van der Waals surface area contributed by atoms with E-state index in [0.717, 1.165) is 19.3 Å². The van der Waals surface area contributed by atoms with Gasteiger partial charge in [-0.25, -0.2) is 0 Å². The molecule has 0 saturated heterocycles. The second-order valence-electron chi connectivity index (χ2n) is 10.3. The highest BCUT2D eigenvalue weighted by Crippen LogP contribution is 2.37. The summed E-state index contributed by atoms with van der Waals surface area (Å²) in [6.45, 7) is 13.1. The van der Waals surface area contributed by atoms with Gasteiger partial charge < -0.3 is 9.53 Å². The van der Waals surface area contributed by atoms with Crippen LogP contribution in [0.4, 0.5) is 0 Å². The molecule has 0 saturated carbocycles. The molecule has 2 atom stereocenters. The standard InChI is InChI=1S/C25H41NO4Si/c1-7-8-9-10-11-12-17-21(22(27)18-30-31(5,6)25(2,3)4)26-23(28)19-15-13-14-16-20(19)24(26)29/h13-16,21-22,27H,7-12,17-18H2,1-6H3/t21-,22+/m1/s1. The van der Waals surface area contributed by atoms with Crippen LogP contribution < -0.4 is 0 Å².